The molecule has 0 spiro atoms. The van der Waals surface area contributed by atoms with Gasteiger partial charge in [0, 0.05) is 27.7 Å². The van der Waals surface area contributed by atoms with Crippen LogP contribution in [0.25, 0.3) is 66.0 Å². The van der Waals surface area contributed by atoms with Crippen molar-refractivity contribution >= 4 is 89.0 Å². The quantitative estimate of drug-likeness (QED) is 0.103. The third-order valence-corrected chi connectivity index (χ3v) is 15.8. The van der Waals surface area contributed by atoms with Crippen LogP contribution < -0.4 is 20.7 Å². The van der Waals surface area contributed by atoms with Crippen molar-refractivity contribution in [3.63, 3.8) is 0 Å². The summed E-state index contributed by atoms with van der Waals surface area (Å²) >= 11 is 0. The molecule has 7 aromatic carbocycles. The van der Waals surface area contributed by atoms with E-state index in [9.17, 15) is 0 Å². The number of imidazole rings is 1. The molecule has 11 rings (SSSR count). The lowest BCUT2D eigenvalue weighted by atomic mass is 10.1. The van der Waals surface area contributed by atoms with Crippen LogP contribution in [0.5, 0.6) is 0 Å². The molecule has 0 aliphatic carbocycles. The normalized spacial score (nSPS) is 12.2. The molecule has 4 nitrogen and oxygen atoms in total. The van der Waals surface area contributed by atoms with Crippen molar-refractivity contribution in [3.8, 4) is 5.82 Å². The molecule has 248 valence electrons. The van der Waals surface area contributed by atoms with Crippen molar-refractivity contribution in [2.24, 2.45) is 0 Å². The Morgan fingerprint density at radius 2 is 0.943 bits per heavy atom. The van der Waals surface area contributed by atoms with E-state index in [2.05, 4.69) is 191 Å². The second kappa shape index (κ2) is 11.6. The highest BCUT2D eigenvalue weighted by atomic mass is 28.3. The lowest BCUT2D eigenvalue weighted by molar-refractivity contribution is 1.08. The Kier molecular flexibility index (Phi) is 6.54. The Morgan fingerprint density at radius 1 is 0.377 bits per heavy atom. The SMILES string of the molecule is c1ccc([Si](c2ccccc2)(c2ccc3c4ccccc4n4c5ccccc5nc4c3c2)c2ccc3c4ccccc4n(-c4ccccn4)c3c2)cc1. The van der Waals surface area contributed by atoms with Gasteiger partial charge in [0.1, 0.15) is 11.5 Å². The standard InChI is InChI=1S/C48H32N4Si/c1-3-15-33(16-4-1)53(34-17-5-2-6-18-34,36-27-29-40-39-20-8-10-22-43(39)51(46(40)32-36)47-25-13-14-30-49-47)35-26-28-37-38-19-7-11-23-44(38)52-45-24-12-9-21-42(45)50-48(52)41(37)31-35/h1-32H. The fourth-order valence-corrected chi connectivity index (χ4v) is 13.6. The zero-order chi connectivity index (χ0) is 34.9. The van der Waals surface area contributed by atoms with Crippen LogP contribution in [-0.4, -0.2) is 27.0 Å². The molecule has 11 aromatic rings. The molecule has 0 radical (unpaired) electrons. The molecular formula is C48H32N4Si. The number of nitrogens with zero attached hydrogens (tertiary/aromatic N) is 4. The minimum atomic E-state index is -2.97. The van der Waals surface area contributed by atoms with E-state index in [0.29, 0.717) is 0 Å². The van der Waals surface area contributed by atoms with Crippen molar-refractivity contribution in [1.29, 1.82) is 0 Å². The highest BCUT2D eigenvalue weighted by Gasteiger charge is 2.42. The highest BCUT2D eigenvalue weighted by molar-refractivity contribution is 7.20. The van der Waals surface area contributed by atoms with Crippen LogP contribution in [0, 0.1) is 0 Å². The van der Waals surface area contributed by atoms with Crippen LogP contribution >= 0.6 is 0 Å². The van der Waals surface area contributed by atoms with Crippen molar-refractivity contribution in [2.45, 2.75) is 0 Å². The lowest BCUT2D eigenvalue weighted by Gasteiger charge is -2.35. The maximum atomic E-state index is 5.31. The smallest absolute Gasteiger partial charge is 0.179 e. The van der Waals surface area contributed by atoms with Crippen molar-refractivity contribution in [2.75, 3.05) is 0 Å². The Balaban J connectivity index is 1.30. The van der Waals surface area contributed by atoms with Gasteiger partial charge in [0.15, 0.2) is 8.07 Å². The van der Waals surface area contributed by atoms with Crippen LogP contribution in [0.3, 0.4) is 0 Å². The summed E-state index contributed by atoms with van der Waals surface area (Å²) in [5.41, 5.74) is 6.57. The molecule has 0 aliphatic rings. The van der Waals surface area contributed by atoms with E-state index < -0.39 is 8.07 Å². The summed E-state index contributed by atoms with van der Waals surface area (Å²) in [5.74, 6) is 0.911. The third-order valence-electron chi connectivity index (χ3n) is 11.1. The predicted octanol–water partition coefficient (Wildman–Crippen LogP) is 8.66. The first-order valence-corrected chi connectivity index (χ1v) is 20.1. The number of rotatable bonds is 5. The van der Waals surface area contributed by atoms with Gasteiger partial charge < -0.3 is 0 Å². The predicted molar refractivity (Wildman–Crippen MR) is 223 cm³/mol. The fraction of sp³-hybridized carbons (Fsp3) is 0. The largest absolute Gasteiger partial charge is 0.294 e. The van der Waals surface area contributed by atoms with Gasteiger partial charge >= 0.3 is 0 Å². The van der Waals surface area contributed by atoms with Crippen LogP contribution in [0.4, 0.5) is 0 Å². The molecule has 0 atom stereocenters. The number of para-hydroxylation sites is 4. The van der Waals surface area contributed by atoms with Crippen LogP contribution in [0.15, 0.2) is 194 Å². The fourth-order valence-electron chi connectivity index (χ4n) is 8.86. The van der Waals surface area contributed by atoms with Crippen LogP contribution in [0.2, 0.25) is 0 Å². The molecule has 53 heavy (non-hydrogen) atoms. The molecule has 0 amide bonds. The lowest BCUT2D eigenvalue weighted by Crippen LogP contribution is -2.74. The monoisotopic (exact) mass is 692 g/mol. The van der Waals surface area contributed by atoms with E-state index >= 15 is 0 Å². The molecule has 0 fully saturated rings. The Labute approximate surface area is 306 Å². The van der Waals surface area contributed by atoms with Gasteiger partial charge in [0.25, 0.3) is 0 Å². The second-order valence-corrected chi connectivity index (χ2v) is 17.6. The maximum absolute atomic E-state index is 5.31. The molecular weight excluding hydrogens is 661 g/mol. The van der Waals surface area contributed by atoms with Gasteiger partial charge in [-0.2, -0.15) is 0 Å². The molecule has 4 aromatic heterocycles. The van der Waals surface area contributed by atoms with Gasteiger partial charge in [-0.1, -0.05) is 146 Å². The molecule has 4 heterocycles. The first kappa shape index (κ1) is 29.9. The first-order valence-electron chi connectivity index (χ1n) is 18.1. The van der Waals surface area contributed by atoms with E-state index in [1.165, 1.54) is 47.8 Å². The van der Waals surface area contributed by atoms with E-state index in [1.54, 1.807) is 0 Å². The van der Waals surface area contributed by atoms with E-state index in [-0.39, 0.29) is 0 Å². The Hall–Kier alpha value is -6.82. The summed E-state index contributed by atoms with van der Waals surface area (Å²) in [5, 5.41) is 11.3. The van der Waals surface area contributed by atoms with Gasteiger partial charge in [0.05, 0.1) is 27.6 Å². The van der Waals surface area contributed by atoms with Crippen LogP contribution in [-0.2, 0) is 0 Å². The minimum Gasteiger partial charge on any atom is -0.294 e. The summed E-state index contributed by atoms with van der Waals surface area (Å²) in [6, 6.07) is 68.8. The number of pyridine rings is 2. The maximum Gasteiger partial charge on any atom is 0.179 e. The van der Waals surface area contributed by atoms with Gasteiger partial charge in [-0.05, 0) is 68.6 Å². The summed E-state index contributed by atoms with van der Waals surface area (Å²) < 4.78 is 4.68. The molecule has 0 N–H and O–H groups in total. The average Bonchev–Trinajstić information content (AvgIpc) is 3.79. The average molecular weight is 693 g/mol. The number of benzene rings is 7. The van der Waals surface area contributed by atoms with Crippen molar-refractivity contribution in [3.05, 3.63) is 194 Å². The van der Waals surface area contributed by atoms with Crippen LogP contribution in [0.1, 0.15) is 0 Å². The number of hydrogen-bond acceptors (Lipinski definition) is 2. The molecule has 0 unspecified atom stereocenters. The first-order chi connectivity index (χ1) is 26.3. The van der Waals surface area contributed by atoms with Gasteiger partial charge in [0.2, 0.25) is 0 Å². The zero-order valence-corrected chi connectivity index (χ0v) is 29.8. The van der Waals surface area contributed by atoms with Gasteiger partial charge in [-0.25, -0.2) is 9.97 Å². The molecule has 0 aliphatic heterocycles. The Bertz CT molecular complexity index is 3130. The number of fused-ring (bicyclic) bond motifs is 11. The van der Waals surface area contributed by atoms with E-state index in [4.69, 9.17) is 9.97 Å². The highest BCUT2D eigenvalue weighted by Crippen LogP contribution is 2.34. The van der Waals surface area contributed by atoms with E-state index in [1.807, 2.05) is 12.3 Å². The summed E-state index contributed by atoms with van der Waals surface area (Å²) in [6.07, 6.45) is 1.88. The number of aromatic nitrogens is 4. The van der Waals surface area contributed by atoms with Crippen molar-refractivity contribution in [1.82, 2.24) is 18.9 Å². The third kappa shape index (κ3) is 4.29. The molecule has 0 bridgehead atoms. The Morgan fingerprint density at radius 3 is 1.66 bits per heavy atom. The number of hydrogen-bond donors (Lipinski definition) is 0. The summed E-state index contributed by atoms with van der Waals surface area (Å²) in [4.78, 5) is 10.2. The van der Waals surface area contributed by atoms with E-state index in [0.717, 1.165) is 38.9 Å². The second-order valence-electron chi connectivity index (χ2n) is 13.8. The molecule has 0 saturated carbocycles. The van der Waals surface area contributed by atoms with Gasteiger partial charge in [-0.15, -0.1) is 0 Å². The minimum absolute atomic E-state index is 0.911. The zero-order valence-electron chi connectivity index (χ0n) is 28.8. The topological polar surface area (TPSA) is 35.1 Å². The van der Waals surface area contributed by atoms with Crippen molar-refractivity contribution < 1.29 is 0 Å². The summed E-state index contributed by atoms with van der Waals surface area (Å²) in [7, 11) is -2.97. The molecule has 0 saturated heterocycles. The molecule has 5 heteroatoms. The van der Waals surface area contributed by atoms with Gasteiger partial charge in [-0.3, -0.25) is 8.97 Å². The summed E-state index contributed by atoms with van der Waals surface area (Å²) in [6.45, 7) is 0.